The summed E-state index contributed by atoms with van der Waals surface area (Å²) in [6, 6.07) is 0. The van der Waals surface area contributed by atoms with E-state index in [9.17, 15) is 70.9 Å². The van der Waals surface area contributed by atoms with Crippen molar-refractivity contribution >= 4 is 17.7 Å². The molecular weight excluding hydrogens is 929 g/mol. The van der Waals surface area contributed by atoms with Crippen molar-refractivity contribution in [3.05, 3.63) is 11.6 Å². The summed E-state index contributed by atoms with van der Waals surface area (Å²) in [5, 5.41) is 128. The summed E-state index contributed by atoms with van der Waals surface area (Å²) >= 11 is 0. The number of carbonyl (C=O) groups excluding carboxylic acids is 3. The number of fused-ring (bicyclic) bond motifs is 7. The van der Waals surface area contributed by atoms with Crippen molar-refractivity contribution in [2.24, 2.45) is 56.2 Å². The van der Waals surface area contributed by atoms with E-state index in [2.05, 4.69) is 13.8 Å². The van der Waals surface area contributed by atoms with Crippen molar-refractivity contribution < 1.29 is 109 Å². The number of esters is 2. The maximum atomic E-state index is 15.3. The van der Waals surface area contributed by atoms with Gasteiger partial charge in [0.15, 0.2) is 24.7 Å². The van der Waals surface area contributed by atoms with Gasteiger partial charge in [0.25, 0.3) is 0 Å². The molecule has 3 saturated heterocycles. The van der Waals surface area contributed by atoms with Crippen LogP contribution in [0.4, 0.5) is 0 Å². The number of ether oxygens (including phenoxy) is 7. The Morgan fingerprint density at radius 2 is 1.39 bits per heavy atom. The normalized spacial score (nSPS) is 53.6. The molecule has 0 amide bonds. The molecule has 4 saturated carbocycles. The summed E-state index contributed by atoms with van der Waals surface area (Å²) in [5.74, 6) is -4.78. The van der Waals surface area contributed by atoms with E-state index >= 15 is 4.79 Å². The van der Waals surface area contributed by atoms with Gasteiger partial charge in [-0.2, -0.15) is 0 Å². The number of hydrogen-bond donors (Lipinski definition) is 12. The first-order valence-electron chi connectivity index (χ1n) is 24.5. The number of ketones is 1. The molecule has 0 bridgehead atoms. The van der Waals surface area contributed by atoms with Crippen molar-refractivity contribution in [1.82, 2.24) is 0 Å². The third-order valence-corrected chi connectivity index (χ3v) is 19.3. The standard InChI is InChI=1S/C48H74O22/c1-43(41(62)64-6)9-11-48(42(63)70-38-20(16-49)28(54)32(58)37(61)69-38)12-10-46(4)21(22(48)14-43)13-23(52)35-44(2)15-24(53)36(45(3,19-51)27(44)7-8-47(35,46)5)68-39-33(59)30(56)26(18-65-39)67-40-34(60)31(57)29(55)25(17-50)66-40/h13,20,22,24-40,49-51,53-61H,7-12,14-19H2,1-6H3. The third-order valence-electron chi connectivity index (χ3n) is 19.3. The summed E-state index contributed by atoms with van der Waals surface area (Å²) < 4.78 is 39.9. The average molecular weight is 1000 g/mol. The molecule has 25 atom stereocenters. The Hall–Kier alpha value is -2.33. The van der Waals surface area contributed by atoms with Crippen molar-refractivity contribution in [2.45, 2.75) is 178 Å². The molecule has 25 unspecified atom stereocenters. The Balaban J connectivity index is 1.06. The summed E-state index contributed by atoms with van der Waals surface area (Å²) in [7, 11) is 1.28. The van der Waals surface area contributed by atoms with Crippen LogP contribution in [0.1, 0.15) is 86.0 Å². The fourth-order valence-electron chi connectivity index (χ4n) is 15.0. The van der Waals surface area contributed by atoms with Crippen LogP contribution in [0.3, 0.4) is 0 Å². The van der Waals surface area contributed by atoms with Crippen molar-refractivity contribution in [2.75, 3.05) is 33.5 Å². The smallest absolute Gasteiger partial charge is 0.315 e. The highest BCUT2D eigenvalue weighted by Crippen LogP contribution is 2.75. The van der Waals surface area contributed by atoms with E-state index in [0.717, 1.165) is 0 Å². The topological polar surface area (TPSA) is 359 Å². The number of methoxy groups -OCH3 is 1. The van der Waals surface area contributed by atoms with E-state index < -0.39 is 187 Å². The Labute approximate surface area is 405 Å². The minimum atomic E-state index is -1.92. The van der Waals surface area contributed by atoms with Gasteiger partial charge < -0.3 is 94.4 Å². The number of rotatable bonds is 10. The van der Waals surface area contributed by atoms with Gasteiger partial charge in [0.2, 0.25) is 6.29 Å². The van der Waals surface area contributed by atoms with Crippen LogP contribution in [0.2, 0.25) is 0 Å². The van der Waals surface area contributed by atoms with Gasteiger partial charge >= 0.3 is 11.9 Å². The van der Waals surface area contributed by atoms with Crippen LogP contribution < -0.4 is 0 Å². The molecule has 12 N–H and O–H groups in total. The van der Waals surface area contributed by atoms with E-state index in [1.165, 1.54) is 7.11 Å². The predicted octanol–water partition coefficient (Wildman–Crippen LogP) is -2.74. The fraction of sp³-hybridized carbons (Fsp3) is 0.896. The van der Waals surface area contributed by atoms with E-state index in [1.54, 1.807) is 19.9 Å². The number of allylic oxidation sites excluding steroid dienone is 2. The van der Waals surface area contributed by atoms with Gasteiger partial charge in [0.05, 0.1) is 68.6 Å². The lowest BCUT2D eigenvalue weighted by Crippen LogP contribution is -2.70. The van der Waals surface area contributed by atoms with E-state index in [4.69, 9.17) is 33.2 Å². The highest BCUT2D eigenvalue weighted by atomic mass is 16.8. The van der Waals surface area contributed by atoms with Crippen molar-refractivity contribution in [3.63, 3.8) is 0 Å². The highest BCUT2D eigenvalue weighted by Gasteiger charge is 2.73. The zero-order chi connectivity index (χ0) is 51.4. The molecule has 398 valence electrons. The molecule has 70 heavy (non-hydrogen) atoms. The molecule has 3 heterocycles. The first-order valence-corrected chi connectivity index (χ1v) is 24.5. The van der Waals surface area contributed by atoms with Gasteiger partial charge in [-0.05, 0) is 92.4 Å². The third kappa shape index (κ3) is 8.05. The quantitative estimate of drug-likeness (QED) is 0.0780. The van der Waals surface area contributed by atoms with Gasteiger partial charge in [-0.25, -0.2) is 0 Å². The molecule has 7 fully saturated rings. The average Bonchev–Trinajstić information content (AvgIpc) is 3.31. The van der Waals surface area contributed by atoms with Gasteiger partial charge in [-0.3, -0.25) is 14.4 Å². The maximum absolute atomic E-state index is 15.3. The molecule has 0 aromatic heterocycles. The second-order valence-corrected chi connectivity index (χ2v) is 22.9. The number of aliphatic hydroxyl groups is 12. The zero-order valence-corrected chi connectivity index (χ0v) is 40.5. The molecule has 3 aliphatic heterocycles. The Morgan fingerprint density at radius 3 is 2.03 bits per heavy atom. The molecule has 0 radical (unpaired) electrons. The number of carbonyl (C=O) groups is 3. The van der Waals surface area contributed by atoms with Gasteiger partial charge in [-0.1, -0.05) is 33.3 Å². The summed E-state index contributed by atoms with van der Waals surface area (Å²) in [4.78, 5) is 43.6. The predicted molar refractivity (Wildman–Crippen MR) is 233 cm³/mol. The van der Waals surface area contributed by atoms with Crippen LogP contribution in [0.25, 0.3) is 0 Å². The SMILES string of the molecule is COC(=O)C1(C)CCC2(C(=O)OC3OC(O)C(O)C(O)C3CO)CCC3(C)C(=CC(=O)C4C5(C)CC(O)C(OC6OCC(OC7OC(CO)C(O)C(O)C7O)C(O)C6O)C(C)(CO)C5CCC43C)C2C1. The number of aliphatic hydroxyl groups excluding tert-OH is 12. The molecule has 22 heteroatoms. The minimum absolute atomic E-state index is 0.0112. The molecule has 0 aromatic rings. The van der Waals surface area contributed by atoms with Gasteiger partial charge in [0.1, 0.15) is 48.8 Å². The van der Waals surface area contributed by atoms with Crippen LogP contribution in [-0.4, -0.2) is 205 Å². The largest absolute Gasteiger partial charge is 0.469 e. The maximum Gasteiger partial charge on any atom is 0.315 e. The zero-order valence-electron chi connectivity index (χ0n) is 40.5. The molecule has 0 spiro atoms. The van der Waals surface area contributed by atoms with Crippen LogP contribution in [0.5, 0.6) is 0 Å². The van der Waals surface area contributed by atoms with E-state index in [1.807, 2.05) is 6.92 Å². The molecule has 8 rings (SSSR count). The first kappa shape index (κ1) is 53.9. The molecule has 22 nitrogen and oxygen atoms in total. The summed E-state index contributed by atoms with van der Waals surface area (Å²) in [6.07, 6.45) is -20.6. The molecular formula is C48H74O22. The van der Waals surface area contributed by atoms with Crippen molar-refractivity contribution in [3.8, 4) is 0 Å². The minimum Gasteiger partial charge on any atom is -0.469 e. The van der Waals surface area contributed by atoms with Crippen LogP contribution in [-0.2, 0) is 47.5 Å². The fourth-order valence-corrected chi connectivity index (χ4v) is 15.0. The van der Waals surface area contributed by atoms with E-state index in [-0.39, 0.29) is 37.9 Å². The Morgan fingerprint density at radius 1 is 0.714 bits per heavy atom. The summed E-state index contributed by atoms with van der Waals surface area (Å²) in [5.41, 5.74) is -5.59. The van der Waals surface area contributed by atoms with Crippen LogP contribution >= 0.6 is 0 Å². The molecule has 0 aromatic carbocycles. The van der Waals surface area contributed by atoms with Gasteiger partial charge in [0, 0.05) is 11.3 Å². The number of hydrogen-bond acceptors (Lipinski definition) is 22. The molecule has 5 aliphatic carbocycles. The molecule has 8 aliphatic rings. The van der Waals surface area contributed by atoms with Gasteiger partial charge in [-0.15, -0.1) is 0 Å². The summed E-state index contributed by atoms with van der Waals surface area (Å²) in [6.45, 7) is 7.13. The first-order chi connectivity index (χ1) is 32.8. The Bertz CT molecular complexity index is 2000. The second kappa shape index (κ2) is 19.1. The Kier molecular flexibility index (Phi) is 14.7. The second-order valence-electron chi connectivity index (χ2n) is 22.9. The van der Waals surface area contributed by atoms with Crippen LogP contribution in [0.15, 0.2) is 11.6 Å². The monoisotopic (exact) mass is 1000 g/mol. The van der Waals surface area contributed by atoms with Crippen LogP contribution in [0, 0.1) is 56.2 Å². The lowest BCUT2D eigenvalue weighted by atomic mass is 9.33. The lowest BCUT2D eigenvalue weighted by molar-refractivity contribution is -0.357. The highest BCUT2D eigenvalue weighted by molar-refractivity contribution is 5.96. The van der Waals surface area contributed by atoms with Crippen molar-refractivity contribution in [1.29, 1.82) is 0 Å². The lowest BCUT2D eigenvalue weighted by Gasteiger charge is -2.71. The van der Waals surface area contributed by atoms with E-state index in [0.29, 0.717) is 24.8 Å².